The predicted octanol–water partition coefficient (Wildman–Crippen LogP) is 2.65. The normalized spacial score (nSPS) is 16.3. The van der Waals surface area contributed by atoms with Gasteiger partial charge in [0.15, 0.2) is 5.69 Å². The molecule has 0 bridgehead atoms. The number of rotatable bonds is 4. The number of aromatic nitrogens is 1. The van der Waals surface area contributed by atoms with Gasteiger partial charge in [0.05, 0.1) is 7.11 Å². The summed E-state index contributed by atoms with van der Waals surface area (Å²) >= 11 is 1.53. The lowest BCUT2D eigenvalue weighted by atomic mass is 10.1. The molecule has 0 atom stereocenters. The Morgan fingerprint density at radius 1 is 1.21 bits per heavy atom. The van der Waals surface area contributed by atoms with Crippen LogP contribution in [0.3, 0.4) is 0 Å². The molecule has 0 radical (unpaired) electrons. The van der Waals surface area contributed by atoms with Gasteiger partial charge in [0.25, 0.3) is 0 Å². The van der Waals surface area contributed by atoms with E-state index in [1.807, 2.05) is 6.92 Å². The molecule has 1 aromatic carbocycles. The summed E-state index contributed by atoms with van der Waals surface area (Å²) in [5.74, 6) is -0.373. The first-order valence-electron chi connectivity index (χ1n) is 8.13. The Bertz CT molecular complexity index is 704. The average molecular weight is 345 g/mol. The zero-order chi connectivity index (χ0) is 17.1. The summed E-state index contributed by atoms with van der Waals surface area (Å²) in [4.78, 5) is 21.9. The predicted molar refractivity (Wildman–Crippen MR) is 96.4 cm³/mol. The molecule has 24 heavy (non-hydrogen) atoms. The number of hydrogen-bond donors (Lipinski definition) is 0. The third kappa shape index (κ3) is 3.83. The van der Waals surface area contributed by atoms with Gasteiger partial charge in [-0.05, 0) is 19.5 Å². The SMILES string of the molecule is COC(=O)c1nc(-c2ccc(CN3CCN(C)CC3)cc2)sc1C. The summed E-state index contributed by atoms with van der Waals surface area (Å²) in [6, 6.07) is 8.49. The smallest absolute Gasteiger partial charge is 0.357 e. The van der Waals surface area contributed by atoms with E-state index in [-0.39, 0.29) is 5.97 Å². The number of likely N-dealkylation sites (N-methyl/N-ethyl adjacent to an activating group) is 1. The fourth-order valence-corrected chi connectivity index (χ4v) is 3.73. The summed E-state index contributed by atoms with van der Waals surface area (Å²) in [6.45, 7) is 7.38. The van der Waals surface area contributed by atoms with Crippen molar-refractivity contribution in [2.24, 2.45) is 0 Å². The van der Waals surface area contributed by atoms with Crippen LogP contribution in [0, 0.1) is 6.92 Å². The molecule has 0 unspecified atom stereocenters. The van der Waals surface area contributed by atoms with Gasteiger partial charge >= 0.3 is 5.97 Å². The largest absolute Gasteiger partial charge is 0.464 e. The molecule has 6 heteroatoms. The molecule has 1 aliphatic rings. The minimum Gasteiger partial charge on any atom is -0.464 e. The van der Waals surface area contributed by atoms with Crippen LogP contribution in [0.15, 0.2) is 24.3 Å². The van der Waals surface area contributed by atoms with Crippen molar-refractivity contribution < 1.29 is 9.53 Å². The third-order valence-electron chi connectivity index (χ3n) is 4.38. The summed E-state index contributed by atoms with van der Waals surface area (Å²) < 4.78 is 4.77. The van der Waals surface area contributed by atoms with Crippen molar-refractivity contribution in [2.45, 2.75) is 13.5 Å². The molecule has 3 rings (SSSR count). The van der Waals surface area contributed by atoms with E-state index in [1.54, 1.807) is 0 Å². The standard InChI is InChI=1S/C18H23N3O2S/c1-13-16(18(22)23-3)19-17(24-13)15-6-4-14(5-7-15)12-21-10-8-20(2)9-11-21/h4-7H,8-12H2,1-3H3. The first-order chi connectivity index (χ1) is 11.6. The third-order valence-corrected chi connectivity index (χ3v) is 5.40. The average Bonchev–Trinajstić information content (AvgIpc) is 2.99. The number of carbonyl (C=O) groups excluding carboxylic acids is 1. The maximum absolute atomic E-state index is 11.7. The molecule has 2 aromatic rings. The Morgan fingerprint density at radius 2 is 1.88 bits per heavy atom. The minimum atomic E-state index is -0.373. The molecular formula is C18H23N3O2S. The zero-order valence-corrected chi connectivity index (χ0v) is 15.2. The van der Waals surface area contributed by atoms with E-state index in [0.717, 1.165) is 48.2 Å². The van der Waals surface area contributed by atoms with E-state index < -0.39 is 0 Å². The number of esters is 1. The molecule has 1 fully saturated rings. The van der Waals surface area contributed by atoms with Crippen LogP contribution in [0.25, 0.3) is 10.6 Å². The van der Waals surface area contributed by atoms with Crippen molar-refractivity contribution in [3.63, 3.8) is 0 Å². The van der Waals surface area contributed by atoms with E-state index in [2.05, 4.69) is 46.1 Å². The first kappa shape index (κ1) is 17.1. The molecule has 1 saturated heterocycles. The molecule has 2 heterocycles. The highest BCUT2D eigenvalue weighted by atomic mass is 32.1. The van der Waals surface area contributed by atoms with Crippen LogP contribution in [-0.2, 0) is 11.3 Å². The second-order valence-electron chi connectivity index (χ2n) is 6.19. The molecule has 0 saturated carbocycles. The lowest BCUT2D eigenvalue weighted by Crippen LogP contribution is -2.43. The fraction of sp³-hybridized carbons (Fsp3) is 0.444. The Kier molecular flexibility index (Phi) is 5.28. The van der Waals surface area contributed by atoms with Gasteiger partial charge in [-0.2, -0.15) is 0 Å². The Morgan fingerprint density at radius 3 is 2.50 bits per heavy atom. The Balaban J connectivity index is 1.69. The van der Waals surface area contributed by atoms with Crippen molar-refractivity contribution in [3.8, 4) is 10.6 Å². The lowest BCUT2D eigenvalue weighted by Gasteiger charge is -2.32. The van der Waals surface area contributed by atoms with Crippen LogP contribution >= 0.6 is 11.3 Å². The maximum Gasteiger partial charge on any atom is 0.357 e. The van der Waals surface area contributed by atoms with E-state index in [0.29, 0.717) is 5.69 Å². The monoisotopic (exact) mass is 345 g/mol. The van der Waals surface area contributed by atoms with Crippen LogP contribution in [-0.4, -0.2) is 61.1 Å². The van der Waals surface area contributed by atoms with E-state index in [4.69, 9.17) is 4.74 Å². The minimum absolute atomic E-state index is 0.373. The van der Waals surface area contributed by atoms with Crippen LogP contribution in [0.2, 0.25) is 0 Å². The summed E-state index contributed by atoms with van der Waals surface area (Å²) in [7, 11) is 3.55. The number of nitrogens with zero attached hydrogens (tertiary/aromatic N) is 3. The molecule has 0 N–H and O–H groups in total. The van der Waals surface area contributed by atoms with Crippen molar-refractivity contribution in [3.05, 3.63) is 40.4 Å². The Hall–Kier alpha value is -1.76. The number of ether oxygens (including phenoxy) is 1. The molecule has 5 nitrogen and oxygen atoms in total. The lowest BCUT2D eigenvalue weighted by molar-refractivity contribution is 0.0594. The second-order valence-corrected chi connectivity index (χ2v) is 7.39. The zero-order valence-electron chi connectivity index (χ0n) is 14.4. The maximum atomic E-state index is 11.7. The van der Waals surface area contributed by atoms with Crippen LogP contribution in [0.5, 0.6) is 0 Å². The van der Waals surface area contributed by atoms with Crippen LogP contribution in [0.4, 0.5) is 0 Å². The topological polar surface area (TPSA) is 45.7 Å². The van der Waals surface area contributed by atoms with Crippen molar-refractivity contribution >= 4 is 17.3 Å². The fourth-order valence-electron chi connectivity index (χ4n) is 2.82. The van der Waals surface area contributed by atoms with Crippen LogP contribution < -0.4 is 0 Å². The summed E-state index contributed by atoms with van der Waals surface area (Å²) in [6.07, 6.45) is 0. The number of aryl methyl sites for hydroxylation is 1. The molecule has 0 amide bonds. The number of benzene rings is 1. The number of piperazine rings is 1. The van der Waals surface area contributed by atoms with Gasteiger partial charge in [0, 0.05) is 43.2 Å². The molecule has 0 aliphatic carbocycles. The van der Waals surface area contributed by atoms with Crippen molar-refractivity contribution in [1.82, 2.24) is 14.8 Å². The molecular weight excluding hydrogens is 322 g/mol. The van der Waals surface area contributed by atoms with Crippen molar-refractivity contribution in [2.75, 3.05) is 40.3 Å². The van der Waals surface area contributed by atoms with Crippen molar-refractivity contribution in [1.29, 1.82) is 0 Å². The number of hydrogen-bond acceptors (Lipinski definition) is 6. The highest BCUT2D eigenvalue weighted by Gasteiger charge is 2.17. The van der Waals surface area contributed by atoms with Gasteiger partial charge in [-0.1, -0.05) is 24.3 Å². The van der Waals surface area contributed by atoms with Gasteiger partial charge < -0.3 is 9.64 Å². The van der Waals surface area contributed by atoms with E-state index in [9.17, 15) is 4.79 Å². The van der Waals surface area contributed by atoms with Gasteiger partial charge in [0.2, 0.25) is 0 Å². The molecule has 1 aliphatic heterocycles. The molecule has 1 aromatic heterocycles. The van der Waals surface area contributed by atoms with Crippen LogP contribution in [0.1, 0.15) is 20.9 Å². The van der Waals surface area contributed by atoms with Gasteiger partial charge in [0.1, 0.15) is 5.01 Å². The highest BCUT2D eigenvalue weighted by molar-refractivity contribution is 7.15. The number of thiazole rings is 1. The summed E-state index contributed by atoms with van der Waals surface area (Å²) in [5.41, 5.74) is 2.77. The number of carbonyl (C=O) groups is 1. The van der Waals surface area contributed by atoms with Gasteiger partial charge in [-0.3, -0.25) is 4.90 Å². The quantitative estimate of drug-likeness (QED) is 0.797. The van der Waals surface area contributed by atoms with Gasteiger partial charge in [-0.25, -0.2) is 9.78 Å². The van der Waals surface area contributed by atoms with E-state index >= 15 is 0 Å². The van der Waals surface area contributed by atoms with Gasteiger partial charge in [-0.15, -0.1) is 11.3 Å². The second kappa shape index (κ2) is 7.42. The number of methoxy groups -OCH3 is 1. The molecule has 0 spiro atoms. The highest BCUT2D eigenvalue weighted by Crippen LogP contribution is 2.28. The van der Waals surface area contributed by atoms with E-state index in [1.165, 1.54) is 24.0 Å². The Labute approximate surface area is 146 Å². The summed E-state index contributed by atoms with van der Waals surface area (Å²) in [5, 5.41) is 0.860. The molecule has 128 valence electrons. The first-order valence-corrected chi connectivity index (χ1v) is 8.94.